The van der Waals surface area contributed by atoms with E-state index < -0.39 is 0 Å². The van der Waals surface area contributed by atoms with Crippen molar-refractivity contribution in [2.45, 2.75) is 6.42 Å². The van der Waals surface area contributed by atoms with Crippen LogP contribution in [0.4, 0.5) is 5.69 Å². The van der Waals surface area contributed by atoms with E-state index in [1.807, 2.05) is 12.1 Å². The monoisotopic (exact) mass is 187 g/mol. The van der Waals surface area contributed by atoms with Crippen molar-refractivity contribution in [3.05, 3.63) is 23.3 Å². The zero-order chi connectivity index (χ0) is 10.6. The molecule has 0 fully saturated rings. The maximum Gasteiger partial charge on any atom is 0.124 e. The lowest BCUT2D eigenvalue weighted by molar-refractivity contribution is 0.411. The molecule has 0 radical (unpaired) electrons. The lowest BCUT2D eigenvalue weighted by Gasteiger charge is -2.07. The highest BCUT2D eigenvalue weighted by Gasteiger charge is 2.07. The van der Waals surface area contributed by atoms with E-state index in [2.05, 4.69) is 0 Å². The Morgan fingerprint density at radius 1 is 1.43 bits per heavy atom. The molecule has 4 nitrogen and oxygen atoms in total. The highest BCUT2D eigenvalue weighted by atomic mass is 16.5. The minimum absolute atomic E-state index is 0.221. The van der Waals surface area contributed by atoms with Crippen LogP contribution in [0.15, 0.2) is 12.1 Å². The third-order valence-electron chi connectivity index (χ3n) is 1.84. The SMILES string of the molecule is COc1cc(C#N)c(N)cc1CC#N. The van der Waals surface area contributed by atoms with E-state index in [0.29, 0.717) is 22.6 Å². The van der Waals surface area contributed by atoms with Crippen LogP contribution in [0.1, 0.15) is 11.1 Å². The Morgan fingerprint density at radius 3 is 2.64 bits per heavy atom. The molecule has 70 valence electrons. The predicted octanol–water partition coefficient (Wildman–Crippen LogP) is 1.22. The van der Waals surface area contributed by atoms with Crippen molar-refractivity contribution >= 4 is 5.69 Å². The fourth-order valence-corrected chi connectivity index (χ4v) is 1.15. The first-order valence-corrected chi connectivity index (χ1v) is 3.96. The molecule has 0 unspecified atom stereocenters. The van der Waals surface area contributed by atoms with Gasteiger partial charge in [0.1, 0.15) is 11.8 Å². The molecule has 14 heavy (non-hydrogen) atoms. The van der Waals surface area contributed by atoms with Gasteiger partial charge in [-0.3, -0.25) is 0 Å². The van der Waals surface area contributed by atoms with Gasteiger partial charge in [-0.2, -0.15) is 10.5 Å². The average Bonchev–Trinajstić information content (AvgIpc) is 2.19. The first-order chi connectivity index (χ1) is 6.72. The van der Waals surface area contributed by atoms with Crippen molar-refractivity contribution in [3.8, 4) is 17.9 Å². The summed E-state index contributed by atoms with van der Waals surface area (Å²) in [4.78, 5) is 0. The molecule has 0 saturated carbocycles. The van der Waals surface area contributed by atoms with Gasteiger partial charge in [0.2, 0.25) is 0 Å². The molecular formula is C10H9N3O. The third-order valence-corrected chi connectivity index (χ3v) is 1.84. The quantitative estimate of drug-likeness (QED) is 0.705. The molecule has 2 N–H and O–H groups in total. The standard InChI is InChI=1S/C10H9N3O/c1-14-10-5-8(6-12)9(13)4-7(10)2-3-11/h4-5H,2,13H2,1H3. The summed E-state index contributed by atoms with van der Waals surface area (Å²) in [5, 5.41) is 17.3. The molecule has 0 saturated heterocycles. The van der Waals surface area contributed by atoms with Gasteiger partial charge in [0.15, 0.2) is 0 Å². The lowest BCUT2D eigenvalue weighted by Crippen LogP contribution is -1.97. The molecule has 0 aliphatic rings. The van der Waals surface area contributed by atoms with E-state index in [4.69, 9.17) is 21.0 Å². The van der Waals surface area contributed by atoms with Gasteiger partial charge in [0, 0.05) is 11.6 Å². The van der Waals surface area contributed by atoms with Crippen molar-refractivity contribution in [1.82, 2.24) is 0 Å². The number of nitriles is 2. The van der Waals surface area contributed by atoms with Gasteiger partial charge in [-0.05, 0) is 6.07 Å². The minimum atomic E-state index is 0.221. The molecule has 0 aliphatic heterocycles. The van der Waals surface area contributed by atoms with Crippen LogP contribution in [-0.2, 0) is 6.42 Å². The summed E-state index contributed by atoms with van der Waals surface area (Å²) in [5.74, 6) is 0.525. The molecule has 4 heteroatoms. The van der Waals surface area contributed by atoms with Gasteiger partial charge in [-0.15, -0.1) is 0 Å². The Kier molecular flexibility index (Phi) is 2.93. The largest absolute Gasteiger partial charge is 0.496 e. The molecule has 0 aromatic heterocycles. The van der Waals surface area contributed by atoms with Crippen molar-refractivity contribution in [2.24, 2.45) is 0 Å². The number of methoxy groups -OCH3 is 1. The molecule has 0 aliphatic carbocycles. The molecule has 0 spiro atoms. The van der Waals surface area contributed by atoms with E-state index in [-0.39, 0.29) is 6.42 Å². The van der Waals surface area contributed by atoms with Gasteiger partial charge in [0.25, 0.3) is 0 Å². The zero-order valence-electron chi connectivity index (χ0n) is 7.74. The number of benzene rings is 1. The van der Waals surface area contributed by atoms with E-state index in [1.165, 1.54) is 7.11 Å². The Labute approximate surface area is 82.1 Å². The van der Waals surface area contributed by atoms with Gasteiger partial charge in [-0.25, -0.2) is 0 Å². The minimum Gasteiger partial charge on any atom is -0.496 e. The summed E-state index contributed by atoms with van der Waals surface area (Å²) in [7, 11) is 1.49. The summed E-state index contributed by atoms with van der Waals surface area (Å²) in [6, 6.07) is 7.10. The third kappa shape index (κ3) is 1.75. The van der Waals surface area contributed by atoms with Crippen molar-refractivity contribution in [2.75, 3.05) is 12.8 Å². The molecule has 0 bridgehead atoms. The summed E-state index contributed by atoms with van der Waals surface area (Å²) < 4.78 is 5.04. The topological polar surface area (TPSA) is 82.8 Å². The number of nitrogen functional groups attached to an aromatic ring is 1. The zero-order valence-corrected chi connectivity index (χ0v) is 7.74. The summed E-state index contributed by atoms with van der Waals surface area (Å²) in [6.07, 6.45) is 0.221. The number of nitrogens with two attached hydrogens (primary N) is 1. The highest BCUT2D eigenvalue weighted by Crippen LogP contribution is 2.25. The van der Waals surface area contributed by atoms with Crippen LogP contribution in [0.5, 0.6) is 5.75 Å². The maximum atomic E-state index is 8.71. The molecule has 1 rings (SSSR count). The molecule has 0 heterocycles. The molecule has 1 aromatic rings. The van der Waals surface area contributed by atoms with Gasteiger partial charge < -0.3 is 10.5 Å². The van der Waals surface area contributed by atoms with Crippen LogP contribution in [0, 0.1) is 22.7 Å². The number of anilines is 1. The number of hydrogen-bond donors (Lipinski definition) is 1. The van der Waals surface area contributed by atoms with Crippen LogP contribution < -0.4 is 10.5 Å². The fraction of sp³-hybridized carbons (Fsp3) is 0.200. The lowest BCUT2D eigenvalue weighted by atomic mass is 10.1. The summed E-state index contributed by atoms with van der Waals surface area (Å²) in [6.45, 7) is 0. The number of rotatable bonds is 2. The highest BCUT2D eigenvalue weighted by molar-refractivity contribution is 5.60. The van der Waals surface area contributed by atoms with Crippen LogP contribution in [-0.4, -0.2) is 7.11 Å². The second-order valence-corrected chi connectivity index (χ2v) is 2.70. The van der Waals surface area contributed by atoms with Crippen molar-refractivity contribution < 1.29 is 4.74 Å². The predicted molar refractivity (Wildman–Crippen MR) is 51.4 cm³/mol. The number of ether oxygens (including phenoxy) is 1. The summed E-state index contributed by atoms with van der Waals surface area (Å²) >= 11 is 0. The fourth-order valence-electron chi connectivity index (χ4n) is 1.15. The van der Waals surface area contributed by atoms with E-state index in [0.717, 1.165) is 0 Å². The Hall–Kier alpha value is -2.20. The average molecular weight is 187 g/mol. The van der Waals surface area contributed by atoms with Gasteiger partial charge in [0.05, 0.1) is 30.9 Å². The second-order valence-electron chi connectivity index (χ2n) is 2.70. The van der Waals surface area contributed by atoms with E-state index >= 15 is 0 Å². The van der Waals surface area contributed by atoms with E-state index in [1.54, 1.807) is 12.1 Å². The van der Waals surface area contributed by atoms with Crippen molar-refractivity contribution in [3.63, 3.8) is 0 Å². The Balaban J connectivity index is 3.27. The Bertz CT molecular complexity index is 426. The number of nitrogens with zero attached hydrogens (tertiary/aromatic N) is 2. The van der Waals surface area contributed by atoms with Gasteiger partial charge in [-0.1, -0.05) is 0 Å². The molecule has 1 aromatic carbocycles. The first-order valence-electron chi connectivity index (χ1n) is 3.96. The van der Waals surface area contributed by atoms with Crippen molar-refractivity contribution in [1.29, 1.82) is 10.5 Å². The van der Waals surface area contributed by atoms with Crippen LogP contribution >= 0.6 is 0 Å². The second kappa shape index (κ2) is 4.15. The summed E-state index contributed by atoms with van der Waals surface area (Å²) in [5.41, 5.74) is 7.04. The van der Waals surface area contributed by atoms with Crippen LogP contribution in [0.2, 0.25) is 0 Å². The Morgan fingerprint density at radius 2 is 2.14 bits per heavy atom. The molecule has 0 amide bonds. The smallest absolute Gasteiger partial charge is 0.124 e. The first kappa shape index (κ1) is 9.88. The maximum absolute atomic E-state index is 8.71. The molecule has 0 atom stereocenters. The van der Waals surface area contributed by atoms with Gasteiger partial charge >= 0.3 is 0 Å². The normalized spacial score (nSPS) is 8.79. The number of hydrogen-bond acceptors (Lipinski definition) is 4. The molecular weight excluding hydrogens is 178 g/mol. The van der Waals surface area contributed by atoms with Crippen LogP contribution in [0.25, 0.3) is 0 Å². The van der Waals surface area contributed by atoms with E-state index in [9.17, 15) is 0 Å². The van der Waals surface area contributed by atoms with Crippen LogP contribution in [0.3, 0.4) is 0 Å².